The molecule has 0 aliphatic rings. The van der Waals surface area contributed by atoms with Crippen molar-refractivity contribution in [3.05, 3.63) is 17.5 Å². The number of aromatic nitrogens is 2. The molecule has 15 heavy (non-hydrogen) atoms. The maximum absolute atomic E-state index is 9.03. The topological polar surface area (TPSA) is 58.3 Å². The van der Waals surface area contributed by atoms with Crippen LogP contribution in [0, 0.1) is 5.92 Å². The summed E-state index contributed by atoms with van der Waals surface area (Å²) in [4.78, 5) is 0. The van der Waals surface area contributed by atoms with Gasteiger partial charge in [-0.05, 0) is 25.8 Å². The van der Waals surface area contributed by atoms with Crippen molar-refractivity contribution in [2.24, 2.45) is 5.92 Å². The molecule has 1 heterocycles. The van der Waals surface area contributed by atoms with Crippen molar-refractivity contribution < 1.29 is 10.2 Å². The lowest BCUT2D eigenvalue weighted by Crippen LogP contribution is -2.16. The van der Waals surface area contributed by atoms with Crippen LogP contribution < -0.4 is 0 Å². The summed E-state index contributed by atoms with van der Waals surface area (Å²) >= 11 is 0. The molecule has 0 spiro atoms. The fourth-order valence-corrected chi connectivity index (χ4v) is 1.61. The number of rotatable bonds is 6. The monoisotopic (exact) mass is 212 g/mol. The Hall–Kier alpha value is -0.870. The highest BCUT2D eigenvalue weighted by Crippen LogP contribution is 2.11. The molecule has 0 bridgehead atoms. The highest BCUT2D eigenvalue weighted by atomic mass is 16.3. The molecule has 0 aliphatic heterocycles. The Labute approximate surface area is 90.5 Å². The zero-order chi connectivity index (χ0) is 11.3. The highest BCUT2D eigenvalue weighted by Gasteiger charge is 2.12. The van der Waals surface area contributed by atoms with E-state index in [2.05, 4.69) is 18.1 Å². The fourth-order valence-electron chi connectivity index (χ4n) is 1.61. The predicted octanol–water partition coefficient (Wildman–Crippen LogP) is 0.609. The van der Waals surface area contributed by atoms with Gasteiger partial charge in [0.25, 0.3) is 0 Å². The molecular formula is C11H20N2O2. The third-order valence-electron chi connectivity index (χ3n) is 2.59. The average molecular weight is 212 g/mol. The van der Waals surface area contributed by atoms with Crippen molar-refractivity contribution in [2.75, 3.05) is 13.2 Å². The number of aliphatic hydroxyl groups is 2. The van der Waals surface area contributed by atoms with Crippen molar-refractivity contribution in [1.82, 2.24) is 9.78 Å². The first-order valence-corrected chi connectivity index (χ1v) is 5.52. The summed E-state index contributed by atoms with van der Waals surface area (Å²) in [5.41, 5.74) is 2.17. The van der Waals surface area contributed by atoms with Crippen LogP contribution in [-0.2, 0) is 19.4 Å². The van der Waals surface area contributed by atoms with Crippen LogP contribution in [0.5, 0.6) is 0 Å². The number of aliphatic hydroxyl groups excluding tert-OH is 2. The summed E-state index contributed by atoms with van der Waals surface area (Å²) in [7, 11) is 0. The largest absolute Gasteiger partial charge is 0.396 e. The Bertz CT molecular complexity index is 293. The highest BCUT2D eigenvalue weighted by molar-refractivity contribution is 5.11. The van der Waals surface area contributed by atoms with E-state index in [1.807, 2.05) is 11.6 Å². The number of hydrogen-bond donors (Lipinski definition) is 2. The van der Waals surface area contributed by atoms with E-state index in [0.717, 1.165) is 24.4 Å². The summed E-state index contributed by atoms with van der Waals surface area (Å²) < 4.78 is 1.94. The Morgan fingerprint density at radius 1 is 1.33 bits per heavy atom. The molecule has 0 unspecified atom stereocenters. The van der Waals surface area contributed by atoms with E-state index in [1.54, 1.807) is 0 Å². The van der Waals surface area contributed by atoms with Crippen molar-refractivity contribution in [1.29, 1.82) is 0 Å². The van der Waals surface area contributed by atoms with E-state index < -0.39 is 0 Å². The van der Waals surface area contributed by atoms with E-state index in [0.29, 0.717) is 6.42 Å². The van der Waals surface area contributed by atoms with Crippen LogP contribution in [0.2, 0.25) is 0 Å². The quantitative estimate of drug-likeness (QED) is 0.726. The van der Waals surface area contributed by atoms with Crippen LogP contribution in [0.3, 0.4) is 0 Å². The van der Waals surface area contributed by atoms with Crippen LogP contribution in [0.4, 0.5) is 0 Å². The zero-order valence-corrected chi connectivity index (χ0v) is 9.48. The summed E-state index contributed by atoms with van der Waals surface area (Å²) in [6.07, 6.45) is 1.61. The molecule has 0 amide bonds. The van der Waals surface area contributed by atoms with Crippen LogP contribution in [0.25, 0.3) is 0 Å². The molecule has 0 saturated carbocycles. The second kappa shape index (κ2) is 5.88. The first-order valence-electron chi connectivity index (χ1n) is 5.52. The molecule has 4 heteroatoms. The van der Waals surface area contributed by atoms with Crippen LogP contribution in [0.15, 0.2) is 6.07 Å². The molecule has 2 N–H and O–H groups in total. The zero-order valence-electron chi connectivity index (χ0n) is 9.48. The summed E-state index contributed by atoms with van der Waals surface area (Å²) in [6, 6.07) is 2.06. The molecule has 1 aromatic rings. The number of nitrogens with zero attached hydrogens (tertiary/aromatic N) is 2. The van der Waals surface area contributed by atoms with Crippen LogP contribution in [0.1, 0.15) is 25.2 Å². The van der Waals surface area contributed by atoms with E-state index in [1.165, 1.54) is 0 Å². The maximum atomic E-state index is 9.03. The van der Waals surface area contributed by atoms with Crippen molar-refractivity contribution in [3.63, 3.8) is 0 Å². The van der Waals surface area contributed by atoms with E-state index in [-0.39, 0.29) is 19.1 Å². The van der Waals surface area contributed by atoms with E-state index in [9.17, 15) is 0 Å². The van der Waals surface area contributed by atoms with Crippen molar-refractivity contribution in [2.45, 2.75) is 33.2 Å². The Kier molecular flexibility index (Phi) is 4.78. The summed E-state index contributed by atoms with van der Waals surface area (Å²) in [5, 5.41) is 22.5. The summed E-state index contributed by atoms with van der Waals surface area (Å²) in [5.74, 6) is -0.0725. The fraction of sp³-hybridized carbons (Fsp3) is 0.727. The molecular weight excluding hydrogens is 192 g/mol. The standard InChI is InChI=1S/C11H20N2O2/c1-3-10-6-11(13(4-2)12-10)5-9(7-14)8-15/h6,9,14-15H,3-5,7-8H2,1-2H3. The molecule has 0 atom stereocenters. The molecule has 86 valence electrons. The van der Waals surface area contributed by atoms with Gasteiger partial charge in [-0.2, -0.15) is 5.10 Å². The second-order valence-corrected chi connectivity index (χ2v) is 3.73. The van der Waals surface area contributed by atoms with Gasteiger partial charge in [-0.15, -0.1) is 0 Å². The minimum absolute atomic E-state index is 0.0207. The summed E-state index contributed by atoms with van der Waals surface area (Å²) in [6.45, 7) is 4.99. The number of aryl methyl sites for hydroxylation is 2. The first kappa shape index (κ1) is 12.2. The Balaban J connectivity index is 2.77. The Morgan fingerprint density at radius 3 is 2.47 bits per heavy atom. The third-order valence-corrected chi connectivity index (χ3v) is 2.59. The van der Waals surface area contributed by atoms with Gasteiger partial charge in [0, 0.05) is 31.4 Å². The number of hydrogen-bond acceptors (Lipinski definition) is 3. The van der Waals surface area contributed by atoms with Gasteiger partial charge in [-0.1, -0.05) is 6.92 Å². The van der Waals surface area contributed by atoms with Gasteiger partial charge in [0.05, 0.1) is 5.69 Å². The lowest BCUT2D eigenvalue weighted by Gasteiger charge is -2.11. The molecule has 0 aromatic carbocycles. The van der Waals surface area contributed by atoms with Gasteiger partial charge in [-0.25, -0.2) is 0 Å². The minimum Gasteiger partial charge on any atom is -0.396 e. The predicted molar refractivity (Wildman–Crippen MR) is 58.6 cm³/mol. The lowest BCUT2D eigenvalue weighted by molar-refractivity contribution is 0.148. The molecule has 1 rings (SSSR count). The van der Waals surface area contributed by atoms with Gasteiger partial charge >= 0.3 is 0 Å². The van der Waals surface area contributed by atoms with Gasteiger partial charge in [0.2, 0.25) is 0 Å². The SMILES string of the molecule is CCc1cc(CC(CO)CO)n(CC)n1. The molecule has 1 aromatic heterocycles. The van der Waals surface area contributed by atoms with Crippen LogP contribution >= 0.6 is 0 Å². The molecule has 4 nitrogen and oxygen atoms in total. The van der Waals surface area contributed by atoms with Crippen molar-refractivity contribution >= 4 is 0 Å². The Morgan fingerprint density at radius 2 is 2.00 bits per heavy atom. The maximum Gasteiger partial charge on any atom is 0.0624 e. The average Bonchev–Trinajstić information content (AvgIpc) is 2.68. The van der Waals surface area contributed by atoms with Gasteiger partial charge < -0.3 is 10.2 Å². The second-order valence-electron chi connectivity index (χ2n) is 3.73. The van der Waals surface area contributed by atoms with Crippen molar-refractivity contribution in [3.8, 4) is 0 Å². The molecule has 0 fully saturated rings. The minimum atomic E-state index is -0.0725. The van der Waals surface area contributed by atoms with E-state index >= 15 is 0 Å². The first-order chi connectivity index (χ1) is 7.24. The van der Waals surface area contributed by atoms with Gasteiger partial charge in [0.1, 0.15) is 0 Å². The van der Waals surface area contributed by atoms with Gasteiger partial charge in [-0.3, -0.25) is 4.68 Å². The normalized spacial score (nSPS) is 11.3. The van der Waals surface area contributed by atoms with Crippen LogP contribution in [-0.4, -0.2) is 33.2 Å². The third kappa shape index (κ3) is 3.04. The molecule has 0 saturated heterocycles. The van der Waals surface area contributed by atoms with Gasteiger partial charge in [0.15, 0.2) is 0 Å². The molecule has 0 aliphatic carbocycles. The lowest BCUT2D eigenvalue weighted by atomic mass is 10.1. The smallest absolute Gasteiger partial charge is 0.0624 e. The van der Waals surface area contributed by atoms with E-state index in [4.69, 9.17) is 10.2 Å². The molecule has 0 radical (unpaired) electrons.